The lowest BCUT2D eigenvalue weighted by Crippen LogP contribution is -2.41. The molecule has 0 radical (unpaired) electrons. The van der Waals surface area contributed by atoms with Crippen molar-refractivity contribution >= 4 is 11.3 Å². The monoisotopic (exact) mass is 304 g/mol. The Labute approximate surface area is 131 Å². The third kappa shape index (κ3) is 4.37. The predicted molar refractivity (Wildman–Crippen MR) is 89.5 cm³/mol. The molecule has 0 fully saturated rings. The van der Waals surface area contributed by atoms with E-state index in [1.54, 1.807) is 11.3 Å². The summed E-state index contributed by atoms with van der Waals surface area (Å²) in [6.45, 7) is 7.41. The molecular weight excluding hydrogens is 280 g/mol. The van der Waals surface area contributed by atoms with Crippen molar-refractivity contribution in [1.29, 1.82) is 0 Å². The van der Waals surface area contributed by atoms with Crippen molar-refractivity contribution in [2.75, 3.05) is 6.61 Å². The van der Waals surface area contributed by atoms with Crippen LogP contribution in [0.5, 0.6) is 0 Å². The lowest BCUT2D eigenvalue weighted by atomic mass is 9.95. The van der Waals surface area contributed by atoms with E-state index in [0.717, 1.165) is 24.4 Å². The van der Waals surface area contributed by atoms with Gasteiger partial charge in [-0.3, -0.25) is 0 Å². The molecule has 1 unspecified atom stereocenters. The summed E-state index contributed by atoms with van der Waals surface area (Å²) in [6.07, 6.45) is 3.71. The molecule has 1 atom stereocenters. The fraction of sp³-hybridized carbons (Fsp3) is 0.471. The molecule has 2 aromatic rings. The molecule has 0 saturated heterocycles. The van der Waals surface area contributed by atoms with Gasteiger partial charge in [0.2, 0.25) is 0 Å². The largest absolute Gasteiger partial charge is 0.396 e. The number of hydrogen-bond acceptors (Lipinski definition) is 4. The fourth-order valence-electron chi connectivity index (χ4n) is 2.16. The third-order valence-corrected chi connectivity index (χ3v) is 5.03. The van der Waals surface area contributed by atoms with Crippen LogP contribution in [0, 0.1) is 6.92 Å². The maximum absolute atomic E-state index is 9.16. The summed E-state index contributed by atoms with van der Waals surface area (Å²) in [5.74, 6) is 0. The van der Waals surface area contributed by atoms with E-state index in [1.165, 1.54) is 16.0 Å². The van der Waals surface area contributed by atoms with Gasteiger partial charge in [-0.15, -0.1) is 11.3 Å². The summed E-state index contributed by atoms with van der Waals surface area (Å²) < 4.78 is 0. The van der Waals surface area contributed by atoms with Crippen LogP contribution in [0.15, 0.2) is 30.5 Å². The van der Waals surface area contributed by atoms with Crippen LogP contribution < -0.4 is 5.32 Å². The number of aliphatic hydroxyl groups is 1. The minimum atomic E-state index is -0.0111. The highest BCUT2D eigenvalue weighted by atomic mass is 32.1. The molecule has 0 amide bonds. The van der Waals surface area contributed by atoms with Gasteiger partial charge in [0.1, 0.15) is 5.01 Å². The van der Waals surface area contributed by atoms with Gasteiger partial charge in [-0.05, 0) is 26.7 Å². The smallest absolute Gasteiger partial charge is 0.123 e. The van der Waals surface area contributed by atoms with Crippen LogP contribution in [-0.2, 0) is 6.54 Å². The minimum absolute atomic E-state index is 0.0111. The first kappa shape index (κ1) is 16.1. The normalized spacial score (nSPS) is 14.1. The average Bonchev–Trinajstić information content (AvgIpc) is 2.95. The predicted octanol–water partition coefficient (Wildman–Crippen LogP) is 3.76. The summed E-state index contributed by atoms with van der Waals surface area (Å²) in [7, 11) is 0. The fourth-order valence-corrected chi connectivity index (χ4v) is 3.01. The number of aryl methyl sites for hydroxylation is 1. The van der Waals surface area contributed by atoms with Crippen LogP contribution in [0.25, 0.3) is 10.6 Å². The SMILES string of the molecule is CCC(C)(CCO)NCc1cnc(-c2ccc(C)cc2)s1. The molecule has 0 aliphatic carbocycles. The third-order valence-electron chi connectivity index (χ3n) is 3.99. The Morgan fingerprint density at radius 3 is 2.62 bits per heavy atom. The Morgan fingerprint density at radius 2 is 2.00 bits per heavy atom. The van der Waals surface area contributed by atoms with Gasteiger partial charge in [0, 0.05) is 35.3 Å². The Morgan fingerprint density at radius 1 is 1.29 bits per heavy atom. The second-order valence-corrected chi connectivity index (χ2v) is 6.85. The van der Waals surface area contributed by atoms with Gasteiger partial charge in [-0.2, -0.15) is 0 Å². The molecule has 0 aliphatic heterocycles. The van der Waals surface area contributed by atoms with Gasteiger partial charge in [0.25, 0.3) is 0 Å². The van der Waals surface area contributed by atoms with Crippen LogP contribution >= 0.6 is 11.3 Å². The molecule has 0 saturated carbocycles. The van der Waals surface area contributed by atoms with Crippen molar-refractivity contribution in [2.24, 2.45) is 0 Å². The first-order valence-corrected chi connectivity index (χ1v) is 8.25. The average molecular weight is 304 g/mol. The summed E-state index contributed by atoms with van der Waals surface area (Å²) in [4.78, 5) is 5.74. The van der Waals surface area contributed by atoms with Crippen molar-refractivity contribution in [3.05, 3.63) is 40.9 Å². The number of nitrogens with zero attached hydrogens (tertiary/aromatic N) is 1. The highest BCUT2D eigenvalue weighted by molar-refractivity contribution is 7.15. The quantitative estimate of drug-likeness (QED) is 0.818. The Bertz CT molecular complexity index is 564. The Kier molecular flexibility index (Phi) is 5.51. The van der Waals surface area contributed by atoms with E-state index in [1.807, 2.05) is 6.20 Å². The number of nitrogens with one attached hydrogen (secondary N) is 1. The van der Waals surface area contributed by atoms with E-state index in [-0.39, 0.29) is 12.1 Å². The number of benzene rings is 1. The molecule has 1 aromatic heterocycles. The number of aliphatic hydroxyl groups excluding tert-OH is 1. The van der Waals surface area contributed by atoms with Crippen LogP contribution in [-0.4, -0.2) is 22.2 Å². The van der Waals surface area contributed by atoms with E-state index in [2.05, 4.69) is 55.3 Å². The molecular formula is C17H24N2OS. The van der Waals surface area contributed by atoms with Gasteiger partial charge >= 0.3 is 0 Å². The molecule has 1 heterocycles. The first-order valence-electron chi connectivity index (χ1n) is 7.44. The van der Waals surface area contributed by atoms with Crippen molar-refractivity contribution < 1.29 is 5.11 Å². The summed E-state index contributed by atoms with van der Waals surface area (Å²) in [5.41, 5.74) is 2.42. The Hall–Kier alpha value is -1.23. The van der Waals surface area contributed by atoms with E-state index in [4.69, 9.17) is 5.11 Å². The van der Waals surface area contributed by atoms with Crippen molar-refractivity contribution in [2.45, 2.75) is 45.7 Å². The van der Waals surface area contributed by atoms with E-state index in [9.17, 15) is 0 Å². The lowest BCUT2D eigenvalue weighted by Gasteiger charge is -2.28. The topological polar surface area (TPSA) is 45.1 Å². The van der Waals surface area contributed by atoms with Crippen LogP contribution in [0.2, 0.25) is 0 Å². The number of aromatic nitrogens is 1. The zero-order valence-electron chi connectivity index (χ0n) is 13.0. The summed E-state index contributed by atoms with van der Waals surface area (Å²) in [5, 5.41) is 13.8. The molecule has 1 aromatic carbocycles. The molecule has 0 aliphatic rings. The zero-order valence-corrected chi connectivity index (χ0v) is 13.8. The highest BCUT2D eigenvalue weighted by Gasteiger charge is 2.20. The molecule has 2 N–H and O–H groups in total. The molecule has 114 valence electrons. The van der Waals surface area contributed by atoms with Gasteiger partial charge < -0.3 is 10.4 Å². The molecule has 0 spiro atoms. The second kappa shape index (κ2) is 7.16. The van der Waals surface area contributed by atoms with E-state index in [0.29, 0.717) is 0 Å². The standard InChI is InChI=1S/C17H24N2OS/c1-4-17(3,9-10-20)19-12-15-11-18-16(21-15)14-7-5-13(2)6-8-14/h5-8,11,19-20H,4,9-10,12H2,1-3H3. The number of rotatable bonds is 7. The lowest BCUT2D eigenvalue weighted by molar-refractivity contribution is 0.215. The highest BCUT2D eigenvalue weighted by Crippen LogP contribution is 2.26. The van der Waals surface area contributed by atoms with E-state index < -0.39 is 0 Å². The van der Waals surface area contributed by atoms with Crippen molar-refractivity contribution in [1.82, 2.24) is 10.3 Å². The van der Waals surface area contributed by atoms with Crippen molar-refractivity contribution in [3.8, 4) is 10.6 Å². The summed E-state index contributed by atoms with van der Waals surface area (Å²) in [6, 6.07) is 8.47. The molecule has 2 rings (SSSR count). The summed E-state index contributed by atoms with van der Waals surface area (Å²) >= 11 is 1.72. The van der Waals surface area contributed by atoms with Crippen LogP contribution in [0.1, 0.15) is 37.1 Å². The Balaban J connectivity index is 2.02. The molecule has 4 heteroatoms. The maximum Gasteiger partial charge on any atom is 0.123 e. The number of hydrogen-bond donors (Lipinski definition) is 2. The number of thiazole rings is 1. The van der Waals surface area contributed by atoms with Gasteiger partial charge in [-0.1, -0.05) is 36.8 Å². The van der Waals surface area contributed by atoms with Gasteiger partial charge in [-0.25, -0.2) is 4.98 Å². The van der Waals surface area contributed by atoms with Crippen LogP contribution in [0.4, 0.5) is 0 Å². The first-order chi connectivity index (χ1) is 10.1. The molecule has 0 bridgehead atoms. The maximum atomic E-state index is 9.16. The van der Waals surface area contributed by atoms with Gasteiger partial charge in [0.15, 0.2) is 0 Å². The zero-order chi connectivity index (χ0) is 15.3. The van der Waals surface area contributed by atoms with Crippen molar-refractivity contribution in [3.63, 3.8) is 0 Å². The van der Waals surface area contributed by atoms with E-state index >= 15 is 0 Å². The minimum Gasteiger partial charge on any atom is -0.396 e. The second-order valence-electron chi connectivity index (χ2n) is 5.74. The van der Waals surface area contributed by atoms with Gasteiger partial charge in [0.05, 0.1) is 0 Å². The molecule has 21 heavy (non-hydrogen) atoms. The van der Waals surface area contributed by atoms with Crippen LogP contribution in [0.3, 0.4) is 0 Å². The molecule has 3 nitrogen and oxygen atoms in total.